The molecule has 0 radical (unpaired) electrons. The molecule has 0 aliphatic carbocycles. The van der Waals surface area contributed by atoms with Crippen LogP contribution in [0.5, 0.6) is 0 Å². The van der Waals surface area contributed by atoms with E-state index in [4.69, 9.17) is 10.9 Å². The predicted molar refractivity (Wildman–Crippen MR) is 114 cm³/mol. The molecule has 0 spiro atoms. The fourth-order valence-corrected chi connectivity index (χ4v) is 3.21. The summed E-state index contributed by atoms with van der Waals surface area (Å²) in [7, 11) is -3.75. The summed E-state index contributed by atoms with van der Waals surface area (Å²) < 4.78 is 22.5. The number of nitrogen functional groups attached to an aromatic ring is 1. The van der Waals surface area contributed by atoms with Crippen molar-refractivity contribution in [2.45, 2.75) is 18.7 Å². The second-order valence-corrected chi connectivity index (χ2v) is 8.08. The summed E-state index contributed by atoms with van der Waals surface area (Å²) in [5.74, 6) is 1.35. The maximum atomic E-state index is 11.2. The van der Waals surface area contributed by atoms with Crippen LogP contribution in [0, 0.1) is 13.8 Å². The lowest BCUT2D eigenvalue weighted by Gasteiger charge is -2.12. The Morgan fingerprint density at radius 1 is 1.00 bits per heavy atom. The van der Waals surface area contributed by atoms with Crippen LogP contribution >= 0.6 is 0 Å². The minimum absolute atomic E-state index is 0.0309. The lowest BCUT2D eigenvalue weighted by atomic mass is 10.0. The molecule has 0 bridgehead atoms. The molecule has 1 aromatic carbocycles. The number of aromatic nitrogens is 3. The van der Waals surface area contributed by atoms with Crippen LogP contribution in [0.4, 0.5) is 17.6 Å². The average molecular weight is 414 g/mol. The zero-order chi connectivity index (χ0) is 21.0. The first kappa shape index (κ1) is 20.5. The number of sulfonamides is 1. The highest BCUT2D eigenvalue weighted by Gasteiger charge is 2.09. The molecule has 2 heterocycles. The van der Waals surface area contributed by atoms with Crippen molar-refractivity contribution >= 4 is 27.6 Å². The van der Waals surface area contributed by atoms with Gasteiger partial charge in [-0.05, 0) is 37.1 Å². The predicted octanol–water partition coefficient (Wildman–Crippen LogP) is 1.91. The van der Waals surface area contributed by atoms with Gasteiger partial charge in [-0.25, -0.2) is 23.5 Å². The van der Waals surface area contributed by atoms with Crippen LogP contribution in [0.15, 0.2) is 47.5 Å². The number of aryl methyl sites for hydroxylation is 1. The highest BCUT2D eigenvalue weighted by Crippen LogP contribution is 2.25. The van der Waals surface area contributed by atoms with E-state index < -0.39 is 10.0 Å². The van der Waals surface area contributed by atoms with Crippen LogP contribution in [-0.2, 0) is 10.0 Å². The smallest absolute Gasteiger partial charge is 0.239 e. The highest BCUT2D eigenvalue weighted by molar-refractivity contribution is 7.89. The number of pyridine rings is 1. The summed E-state index contributed by atoms with van der Waals surface area (Å²) in [4.78, 5) is 12.6. The van der Waals surface area contributed by atoms with Gasteiger partial charge in [0.25, 0.3) is 0 Å². The Morgan fingerprint density at radius 2 is 1.72 bits per heavy atom. The van der Waals surface area contributed by atoms with Gasteiger partial charge in [-0.3, -0.25) is 0 Å². The van der Waals surface area contributed by atoms with Crippen LogP contribution in [0.25, 0.3) is 11.3 Å². The van der Waals surface area contributed by atoms with E-state index in [0.717, 1.165) is 16.8 Å². The lowest BCUT2D eigenvalue weighted by molar-refractivity contribution is 0.597. The van der Waals surface area contributed by atoms with Gasteiger partial charge in [-0.2, -0.15) is 4.98 Å². The number of nitrogens with one attached hydrogen (secondary N) is 2. The molecule has 2 aromatic heterocycles. The van der Waals surface area contributed by atoms with Gasteiger partial charge in [0.15, 0.2) is 0 Å². The Balaban J connectivity index is 1.63. The Bertz CT molecular complexity index is 1120. The van der Waals surface area contributed by atoms with Crippen molar-refractivity contribution < 1.29 is 8.42 Å². The van der Waals surface area contributed by atoms with Gasteiger partial charge < -0.3 is 16.4 Å². The quantitative estimate of drug-likeness (QED) is 0.429. The molecule has 9 nitrogen and oxygen atoms in total. The molecule has 0 aliphatic rings. The molecule has 0 saturated heterocycles. The molecule has 3 aromatic rings. The molecule has 29 heavy (non-hydrogen) atoms. The largest absolute Gasteiger partial charge is 0.368 e. The molecule has 0 atom stereocenters. The number of nitrogens with two attached hydrogens (primary N) is 2. The summed E-state index contributed by atoms with van der Waals surface area (Å²) in [5, 5.41) is 11.3. The number of nitrogens with zero attached hydrogens (tertiary/aromatic N) is 3. The first-order valence-electron chi connectivity index (χ1n) is 8.92. The van der Waals surface area contributed by atoms with Crippen molar-refractivity contribution in [1.29, 1.82) is 0 Å². The molecular weight excluding hydrogens is 390 g/mol. The molecule has 0 amide bonds. The van der Waals surface area contributed by atoms with Gasteiger partial charge >= 0.3 is 0 Å². The number of rotatable bonds is 7. The van der Waals surface area contributed by atoms with E-state index in [9.17, 15) is 8.42 Å². The number of benzene rings is 1. The normalized spacial score (nSPS) is 11.3. The van der Waals surface area contributed by atoms with Gasteiger partial charge in [0.2, 0.25) is 16.0 Å². The fraction of sp³-hybridized carbons (Fsp3) is 0.211. The third kappa shape index (κ3) is 5.18. The van der Waals surface area contributed by atoms with Crippen molar-refractivity contribution in [3.63, 3.8) is 0 Å². The molecule has 0 fully saturated rings. The summed E-state index contributed by atoms with van der Waals surface area (Å²) in [6, 6.07) is 10.9. The summed E-state index contributed by atoms with van der Waals surface area (Å²) in [6.07, 6.45) is 1.21. The van der Waals surface area contributed by atoms with E-state index in [-0.39, 0.29) is 10.8 Å². The molecule has 0 aliphatic heterocycles. The minimum atomic E-state index is -3.75. The van der Waals surface area contributed by atoms with Crippen molar-refractivity contribution in [3.8, 4) is 11.3 Å². The first-order chi connectivity index (χ1) is 13.7. The zero-order valence-electron chi connectivity index (χ0n) is 16.2. The molecule has 152 valence electrons. The molecule has 6 N–H and O–H groups in total. The number of hydrogen-bond donors (Lipinski definition) is 4. The van der Waals surface area contributed by atoms with Crippen molar-refractivity contribution in [1.82, 2.24) is 15.0 Å². The number of primary sulfonamides is 1. The summed E-state index contributed by atoms with van der Waals surface area (Å²) in [6.45, 7) is 5.18. The van der Waals surface area contributed by atoms with E-state index in [1.54, 1.807) is 6.07 Å². The molecule has 0 unspecified atom stereocenters. The Morgan fingerprint density at radius 3 is 2.38 bits per heavy atom. The van der Waals surface area contributed by atoms with E-state index in [0.29, 0.717) is 24.7 Å². The third-order valence-corrected chi connectivity index (χ3v) is 5.32. The molecular formula is C19H23N7O2S. The van der Waals surface area contributed by atoms with Crippen molar-refractivity contribution in [3.05, 3.63) is 53.7 Å². The second-order valence-electron chi connectivity index (χ2n) is 6.52. The van der Waals surface area contributed by atoms with E-state index in [1.807, 2.05) is 25.1 Å². The van der Waals surface area contributed by atoms with Gasteiger partial charge in [-0.15, -0.1) is 0 Å². The van der Waals surface area contributed by atoms with Gasteiger partial charge in [0.1, 0.15) is 16.5 Å². The topological polar surface area (TPSA) is 149 Å². The van der Waals surface area contributed by atoms with Gasteiger partial charge in [-0.1, -0.05) is 18.2 Å². The molecule has 3 rings (SSSR count). The maximum Gasteiger partial charge on any atom is 0.239 e. The summed E-state index contributed by atoms with van der Waals surface area (Å²) >= 11 is 0. The van der Waals surface area contributed by atoms with Crippen LogP contribution in [-0.4, -0.2) is 36.5 Å². The van der Waals surface area contributed by atoms with Crippen LogP contribution in [0.2, 0.25) is 0 Å². The van der Waals surface area contributed by atoms with E-state index in [2.05, 4.69) is 38.6 Å². The minimum Gasteiger partial charge on any atom is -0.368 e. The SMILES string of the molecule is Cc1cccc(-c2cc(NCCNc3ccc(S(N)(=O)=O)cn3)nc(N)n2)c1C. The third-order valence-electron chi connectivity index (χ3n) is 4.43. The van der Waals surface area contributed by atoms with E-state index in [1.165, 1.54) is 17.8 Å². The van der Waals surface area contributed by atoms with Crippen LogP contribution in [0.3, 0.4) is 0 Å². The summed E-state index contributed by atoms with van der Waals surface area (Å²) in [5.41, 5.74) is 9.98. The number of anilines is 3. The molecule has 0 saturated carbocycles. The Kier molecular flexibility index (Phi) is 5.95. The maximum absolute atomic E-state index is 11.2. The van der Waals surface area contributed by atoms with Crippen LogP contribution < -0.4 is 21.5 Å². The van der Waals surface area contributed by atoms with E-state index >= 15 is 0 Å². The monoisotopic (exact) mass is 413 g/mol. The average Bonchev–Trinajstić information content (AvgIpc) is 2.66. The van der Waals surface area contributed by atoms with Gasteiger partial charge in [0.05, 0.1) is 5.69 Å². The standard InChI is InChI=1S/C19H23N7O2S/c1-12-4-3-5-15(13(12)2)16-10-18(26-19(20)25-16)23-9-8-22-17-7-6-14(11-24-17)29(21,27)28/h3-7,10-11H,8-9H2,1-2H3,(H,22,24)(H2,21,27,28)(H3,20,23,25,26). The van der Waals surface area contributed by atoms with Crippen molar-refractivity contribution in [2.75, 3.05) is 29.5 Å². The highest BCUT2D eigenvalue weighted by atomic mass is 32.2. The van der Waals surface area contributed by atoms with Crippen LogP contribution in [0.1, 0.15) is 11.1 Å². The van der Waals surface area contributed by atoms with Crippen molar-refractivity contribution in [2.24, 2.45) is 5.14 Å². The lowest BCUT2D eigenvalue weighted by Crippen LogP contribution is -2.16. The Hall–Kier alpha value is -3.24. The van der Waals surface area contributed by atoms with Gasteiger partial charge in [0, 0.05) is 30.9 Å². The second kappa shape index (κ2) is 8.41. The zero-order valence-corrected chi connectivity index (χ0v) is 17.0. The Labute approximate surface area is 169 Å². The molecule has 10 heteroatoms. The first-order valence-corrected chi connectivity index (χ1v) is 10.5. The fourth-order valence-electron chi connectivity index (χ4n) is 2.76. The number of hydrogen-bond acceptors (Lipinski definition) is 8.